The third kappa shape index (κ3) is 4.58. The molecule has 3 N–H and O–H groups in total. The lowest BCUT2D eigenvalue weighted by Crippen LogP contribution is -2.35. The van der Waals surface area contributed by atoms with Gasteiger partial charge in [-0.1, -0.05) is 18.2 Å². The summed E-state index contributed by atoms with van der Waals surface area (Å²) in [5, 5.41) is 3.42. The Morgan fingerprint density at radius 2 is 1.93 bits per heavy atom. The first-order chi connectivity index (χ1) is 12.2. The minimum absolute atomic E-state index is 0. The Morgan fingerprint density at radius 3 is 2.63 bits per heavy atom. The molecular formula is C19H24Cl2N6. The molecule has 1 aliphatic rings. The summed E-state index contributed by atoms with van der Waals surface area (Å²) in [4.78, 5) is 13.1. The highest BCUT2D eigenvalue weighted by Gasteiger charge is 2.28. The highest BCUT2D eigenvalue weighted by Crippen LogP contribution is 2.34. The van der Waals surface area contributed by atoms with Crippen LogP contribution >= 0.6 is 24.8 Å². The number of nitrogens with zero attached hydrogens (tertiary/aromatic N) is 4. The summed E-state index contributed by atoms with van der Waals surface area (Å²) in [5.41, 5.74) is 9.29. The van der Waals surface area contributed by atoms with E-state index in [4.69, 9.17) is 5.73 Å². The fourth-order valence-electron chi connectivity index (χ4n) is 3.31. The first-order valence-corrected chi connectivity index (χ1v) is 8.60. The molecule has 6 nitrogen and oxygen atoms in total. The lowest BCUT2D eigenvalue weighted by Gasteiger charge is -2.31. The molecule has 0 spiro atoms. The molecule has 3 aromatic rings. The van der Waals surface area contributed by atoms with Crippen molar-refractivity contribution in [3.05, 3.63) is 66.1 Å². The highest BCUT2D eigenvalue weighted by atomic mass is 35.5. The Morgan fingerprint density at radius 1 is 1.15 bits per heavy atom. The van der Waals surface area contributed by atoms with Crippen LogP contribution in [0.2, 0.25) is 0 Å². The van der Waals surface area contributed by atoms with Gasteiger partial charge in [-0.15, -0.1) is 24.8 Å². The molecule has 1 saturated carbocycles. The van der Waals surface area contributed by atoms with E-state index in [1.807, 2.05) is 37.5 Å². The topological polar surface area (TPSA) is 81.7 Å². The molecule has 0 amide bonds. The number of benzene rings is 1. The minimum Gasteiger partial charge on any atom is -0.366 e. The summed E-state index contributed by atoms with van der Waals surface area (Å²) in [6, 6.07) is 10.7. The van der Waals surface area contributed by atoms with Gasteiger partial charge in [0.05, 0.1) is 5.69 Å². The standard InChI is InChI=1S/C19H22N6.2ClH/c1-13-21-6-7-25(13)18-5-3-2-4-14(18)11-22-19-10-17(23-12-24-19)15-8-16(20)9-15;;/h2-7,10,12,15-16H,8-9,11,20H2,1H3,(H,22,23,24);2*1H. The maximum atomic E-state index is 5.89. The van der Waals surface area contributed by atoms with Crippen LogP contribution in [0.1, 0.15) is 35.8 Å². The summed E-state index contributed by atoms with van der Waals surface area (Å²) in [6.45, 7) is 2.69. The Labute approximate surface area is 171 Å². The van der Waals surface area contributed by atoms with Crippen LogP contribution in [0.25, 0.3) is 5.69 Å². The summed E-state index contributed by atoms with van der Waals surface area (Å²) >= 11 is 0. The van der Waals surface area contributed by atoms with E-state index in [1.165, 1.54) is 5.56 Å². The summed E-state index contributed by atoms with van der Waals surface area (Å²) < 4.78 is 2.10. The van der Waals surface area contributed by atoms with Gasteiger partial charge in [0, 0.05) is 42.7 Å². The molecule has 4 rings (SSSR count). The molecule has 0 bridgehead atoms. The van der Waals surface area contributed by atoms with Gasteiger partial charge >= 0.3 is 0 Å². The van der Waals surface area contributed by atoms with Gasteiger partial charge in [-0.2, -0.15) is 0 Å². The number of rotatable bonds is 5. The number of hydrogen-bond acceptors (Lipinski definition) is 5. The summed E-state index contributed by atoms with van der Waals surface area (Å²) in [6.07, 6.45) is 7.46. The van der Waals surface area contributed by atoms with Gasteiger partial charge in [-0.05, 0) is 31.4 Å². The lowest BCUT2D eigenvalue weighted by atomic mass is 9.79. The highest BCUT2D eigenvalue weighted by molar-refractivity contribution is 5.85. The van der Waals surface area contributed by atoms with Crippen molar-refractivity contribution in [1.29, 1.82) is 0 Å². The zero-order chi connectivity index (χ0) is 17.2. The van der Waals surface area contributed by atoms with Crippen LogP contribution in [-0.2, 0) is 6.54 Å². The smallest absolute Gasteiger partial charge is 0.129 e. The second kappa shape index (κ2) is 9.17. The van der Waals surface area contributed by atoms with E-state index in [0.717, 1.165) is 35.9 Å². The van der Waals surface area contributed by atoms with Gasteiger partial charge in [0.15, 0.2) is 0 Å². The van der Waals surface area contributed by atoms with Crippen LogP contribution in [0.3, 0.4) is 0 Å². The second-order valence-electron chi connectivity index (χ2n) is 6.58. The molecule has 144 valence electrons. The normalized spacial score (nSPS) is 18.0. The number of aryl methyl sites for hydroxylation is 1. The van der Waals surface area contributed by atoms with E-state index in [2.05, 4.69) is 37.0 Å². The van der Waals surface area contributed by atoms with Gasteiger partial charge in [0.1, 0.15) is 18.0 Å². The van der Waals surface area contributed by atoms with Crippen LogP contribution in [0.4, 0.5) is 5.82 Å². The van der Waals surface area contributed by atoms with E-state index in [0.29, 0.717) is 18.5 Å². The van der Waals surface area contributed by atoms with E-state index in [-0.39, 0.29) is 24.8 Å². The third-order valence-corrected chi connectivity index (χ3v) is 4.82. The molecule has 2 aromatic heterocycles. The van der Waals surface area contributed by atoms with Crippen LogP contribution < -0.4 is 11.1 Å². The Bertz CT molecular complexity index is 876. The fourth-order valence-corrected chi connectivity index (χ4v) is 3.31. The van der Waals surface area contributed by atoms with Crippen molar-refractivity contribution in [2.24, 2.45) is 5.73 Å². The van der Waals surface area contributed by atoms with Crippen molar-refractivity contribution >= 4 is 30.6 Å². The van der Waals surface area contributed by atoms with Crippen LogP contribution in [-0.4, -0.2) is 25.6 Å². The second-order valence-corrected chi connectivity index (χ2v) is 6.58. The van der Waals surface area contributed by atoms with E-state index in [9.17, 15) is 0 Å². The van der Waals surface area contributed by atoms with Crippen molar-refractivity contribution in [2.45, 2.75) is 38.3 Å². The molecule has 0 atom stereocenters. The Hall–Kier alpha value is -2.15. The molecule has 0 aliphatic heterocycles. The SMILES string of the molecule is Cc1nccn1-c1ccccc1CNc1cc(C2CC(N)C2)ncn1.Cl.Cl. The van der Waals surface area contributed by atoms with Crippen LogP contribution in [0, 0.1) is 6.92 Å². The number of nitrogens with one attached hydrogen (secondary N) is 1. The average molecular weight is 407 g/mol. The van der Waals surface area contributed by atoms with Gasteiger partial charge < -0.3 is 15.6 Å². The van der Waals surface area contributed by atoms with Crippen molar-refractivity contribution < 1.29 is 0 Å². The van der Waals surface area contributed by atoms with Gasteiger partial charge in [0.25, 0.3) is 0 Å². The predicted molar refractivity (Wildman–Crippen MR) is 112 cm³/mol. The number of para-hydroxylation sites is 1. The molecule has 0 radical (unpaired) electrons. The molecule has 27 heavy (non-hydrogen) atoms. The maximum Gasteiger partial charge on any atom is 0.129 e. The Balaban J connectivity index is 0.00000131. The Kier molecular flexibility index (Phi) is 7.18. The molecule has 1 aliphatic carbocycles. The first kappa shape index (κ1) is 21.2. The zero-order valence-electron chi connectivity index (χ0n) is 15.1. The quantitative estimate of drug-likeness (QED) is 0.675. The van der Waals surface area contributed by atoms with Crippen molar-refractivity contribution in [3.8, 4) is 5.69 Å². The third-order valence-electron chi connectivity index (χ3n) is 4.82. The van der Waals surface area contributed by atoms with Gasteiger partial charge in [-0.3, -0.25) is 0 Å². The fraction of sp³-hybridized carbons (Fsp3) is 0.316. The minimum atomic E-state index is 0. The largest absolute Gasteiger partial charge is 0.366 e. The van der Waals surface area contributed by atoms with Crippen molar-refractivity contribution in [3.63, 3.8) is 0 Å². The number of aromatic nitrogens is 4. The molecule has 1 aromatic carbocycles. The van der Waals surface area contributed by atoms with Crippen molar-refractivity contribution in [2.75, 3.05) is 5.32 Å². The number of hydrogen-bond donors (Lipinski definition) is 2. The maximum absolute atomic E-state index is 5.89. The van der Waals surface area contributed by atoms with Gasteiger partial charge in [0.2, 0.25) is 0 Å². The zero-order valence-corrected chi connectivity index (χ0v) is 16.7. The average Bonchev–Trinajstić information content (AvgIpc) is 3.03. The molecule has 8 heteroatoms. The predicted octanol–water partition coefficient (Wildman–Crippen LogP) is 3.63. The molecule has 0 saturated heterocycles. The number of nitrogens with two attached hydrogens (primary N) is 1. The molecular weight excluding hydrogens is 383 g/mol. The molecule has 0 unspecified atom stereocenters. The summed E-state index contributed by atoms with van der Waals surface area (Å²) in [5.74, 6) is 2.29. The monoisotopic (exact) mass is 406 g/mol. The van der Waals surface area contributed by atoms with E-state index >= 15 is 0 Å². The summed E-state index contributed by atoms with van der Waals surface area (Å²) in [7, 11) is 0. The van der Waals surface area contributed by atoms with E-state index < -0.39 is 0 Å². The van der Waals surface area contributed by atoms with E-state index in [1.54, 1.807) is 6.33 Å². The van der Waals surface area contributed by atoms with Gasteiger partial charge in [-0.25, -0.2) is 15.0 Å². The number of halogens is 2. The lowest BCUT2D eigenvalue weighted by molar-refractivity contribution is 0.345. The van der Waals surface area contributed by atoms with Crippen molar-refractivity contribution in [1.82, 2.24) is 19.5 Å². The number of anilines is 1. The first-order valence-electron chi connectivity index (χ1n) is 8.60. The van der Waals surface area contributed by atoms with Crippen LogP contribution in [0.5, 0.6) is 0 Å². The van der Waals surface area contributed by atoms with Crippen LogP contribution in [0.15, 0.2) is 49.1 Å². The molecule has 1 fully saturated rings. The number of imidazole rings is 1. The molecule has 2 heterocycles.